The van der Waals surface area contributed by atoms with Gasteiger partial charge in [0.1, 0.15) is 17.3 Å². The number of carbonyl (C=O) groups is 1. The molecule has 0 aliphatic carbocycles. The highest BCUT2D eigenvalue weighted by Crippen LogP contribution is 2.21. The lowest BCUT2D eigenvalue weighted by Crippen LogP contribution is -2.48. The first kappa shape index (κ1) is 15.5. The number of carbonyl (C=O) groups excluding carboxylic acids is 1. The van der Waals surface area contributed by atoms with Gasteiger partial charge in [0.05, 0.1) is 13.2 Å². The van der Waals surface area contributed by atoms with E-state index < -0.39 is 0 Å². The molecule has 2 aromatic carbocycles. The van der Waals surface area contributed by atoms with Crippen LogP contribution >= 0.6 is 0 Å². The molecule has 1 saturated heterocycles. The van der Waals surface area contributed by atoms with E-state index in [0.717, 1.165) is 0 Å². The highest BCUT2D eigenvalue weighted by molar-refractivity contribution is 5.93. The summed E-state index contributed by atoms with van der Waals surface area (Å²) in [6.07, 6.45) is 0. The molecule has 0 unspecified atom stereocenters. The molecule has 2 aromatic rings. The molecule has 0 atom stereocenters. The highest BCUT2D eigenvalue weighted by atomic mass is 19.1. The first-order valence-corrected chi connectivity index (χ1v) is 7.38. The van der Waals surface area contributed by atoms with Crippen molar-refractivity contribution in [1.82, 2.24) is 10.4 Å². The van der Waals surface area contributed by atoms with Crippen LogP contribution in [0.25, 0.3) is 0 Å². The summed E-state index contributed by atoms with van der Waals surface area (Å²) >= 11 is 0. The number of ether oxygens (including phenoxy) is 2. The van der Waals surface area contributed by atoms with Crippen molar-refractivity contribution >= 4 is 5.91 Å². The van der Waals surface area contributed by atoms with Gasteiger partial charge in [-0.15, -0.1) is 0 Å². The third-order valence-electron chi connectivity index (χ3n) is 3.44. The molecule has 0 saturated carbocycles. The van der Waals surface area contributed by atoms with Gasteiger partial charge in [0.2, 0.25) is 0 Å². The standard InChI is InChI=1S/C17H17FN2O3/c18-14-3-7-16(8-4-14)23-15-5-1-13(2-6-15)17(21)19-20-9-11-22-12-10-20/h1-8H,9-12H2,(H,19,21). The van der Waals surface area contributed by atoms with Gasteiger partial charge in [0.15, 0.2) is 0 Å². The van der Waals surface area contributed by atoms with Gasteiger partial charge in [0, 0.05) is 18.7 Å². The largest absolute Gasteiger partial charge is 0.457 e. The number of amides is 1. The zero-order valence-corrected chi connectivity index (χ0v) is 12.5. The minimum atomic E-state index is -0.313. The van der Waals surface area contributed by atoms with Crippen LogP contribution in [0.15, 0.2) is 48.5 Å². The van der Waals surface area contributed by atoms with Gasteiger partial charge in [0.25, 0.3) is 5.91 Å². The second kappa shape index (κ2) is 7.21. The Morgan fingerprint density at radius 3 is 2.17 bits per heavy atom. The summed E-state index contributed by atoms with van der Waals surface area (Å²) in [6.45, 7) is 2.59. The van der Waals surface area contributed by atoms with Gasteiger partial charge in [-0.25, -0.2) is 9.40 Å². The summed E-state index contributed by atoms with van der Waals surface area (Å²) in [7, 11) is 0. The number of rotatable bonds is 4. The number of nitrogens with zero attached hydrogens (tertiary/aromatic N) is 1. The second-order valence-corrected chi connectivity index (χ2v) is 5.12. The molecule has 5 nitrogen and oxygen atoms in total. The molecule has 0 bridgehead atoms. The quantitative estimate of drug-likeness (QED) is 0.942. The molecule has 23 heavy (non-hydrogen) atoms. The van der Waals surface area contributed by atoms with E-state index in [1.54, 1.807) is 36.4 Å². The number of nitrogens with one attached hydrogen (secondary N) is 1. The summed E-state index contributed by atoms with van der Waals surface area (Å²) in [5.41, 5.74) is 3.39. The number of benzene rings is 2. The van der Waals surface area contributed by atoms with Gasteiger partial charge in [-0.1, -0.05) is 0 Å². The molecular weight excluding hydrogens is 299 g/mol. The fourth-order valence-electron chi connectivity index (χ4n) is 2.20. The number of halogens is 1. The molecule has 1 heterocycles. The van der Waals surface area contributed by atoms with Crippen LogP contribution in [0.4, 0.5) is 4.39 Å². The van der Waals surface area contributed by atoms with Crippen LogP contribution in [0.2, 0.25) is 0 Å². The average molecular weight is 316 g/mol. The van der Waals surface area contributed by atoms with Gasteiger partial charge < -0.3 is 9.47 Å². The lowest BCUT2D eigenvalue weighted by atomic mass is 10.2. The monoisotopic (exact) mass is 316 g/mol. The van der Waals surface area contributed by atoms with Crippen molar-refractivity contribution in [3.8, 4) is 11.5 Å². The Morgan fingerprint density at radius 1 is 1.00 bits per heavy atom. The SMILES string of the molecule is O=C(NN1CCOCC1)c1ccc(Oc2ccc(F)cc2)cc1. The second-order valence-electron chi connectivity index (χ2n) is 5.12. The van der Waals surface area contributed by atoms with E-state index in [9.17, 15) is 9.18 Å². The number of hydrogen-bond acceptors (Lipinski definition) is 4. The molecule has 1 aliphatic rings. The molecule has 120 valence electrons. The first-order chi connectivity index (χ1) is 11.2. The molecule has 1 N–H and O–H groups in total. The van der Waals surface area contributed by atoms with E-state index in [0.29, 0.717) is 43.4 Å². The third-order valence-corrected chi connectivity index (χ3v) is 3.44. The van der Waals surface area contributed by atoms with Crippen molar-refractivity contribution in [2.24, 2.45) is 0 Å². The van der Waals surface area contributed by atoms with Crippen LogP contribution in [0.3, 0.4) is 0 Å². The summed E-state index contributed by atoms with van der Waals surface area (Å²) in [6, 6.07) is 12.6. The van der Waals surface area contributed by atoms with Crippen molar-refractivity contribution in [3.05, 3.63) is 59.9 Å². The summed E-state index contributed by atoms with van der Waals surface area (Å²) in [4.78, 5) is 12.1. The van der Waals surface area contributed by atoms with E-state index in [-0.39, 0.29) is 11.7 Å². The van der Waals surface area contributed by atoms with Crippen LogP contribution in [0.1, 0.15) is 10.4 Å². The van der Waals surface area contributed by atoms with Crippen LogP contribution in [-0.2, 0) is 4.74 Å². The van der Waals surface area contributed by atoms with Crippen molar-refractivity contribution in [2.45, 2.75) is 0 Å². The number of hydrazine groups is 1. The molecule has 0 radical (unpaired) electrons. The van der Waals surface area contributed by atoms with Gasteiger partial charge in [-0.05, 0) is 48.5 Å². The summed E-state index contributed by atoms with van der Waals surface area (Å²) in [5, 5.41) is 1.84. The topological polar surface area (TPSA) is 50.8 Å². The van der Waals surface area contributed by atoms with Gasteiger partial charge >= 0.3 is 0 Å². The zero-order valence-electron chi connectivity index (χ0n) is 12.5. The molecule has 6 heteroatoms. The normalized spacial score (nSPS) is 15.2. The maximum absolute atomic E-state index is 12.8. The molecule has 1 fully saturated rings. The Morgan fingerprint density at radius 2 is 1.57 bits per heavy atom. The maximum atomic E-state index is 12.8. The maximum Gasteiger partial charge on any atom is 0.265 e. The Balaban J connectivity index is 1.59. The molecule has 0 aromatic heterocycles. The van der Waals surface area contributed by atoms with E-state index in [1.807, 2.05) is 5.01 Å². The van der Waals surface area contributed by atoms with E-state index >= 15 is 0 Å². The van der Waals surface area contributed by atoms with Crippen molar-refractivity contribution in [1.29, 1.82) is 0 Å². The zero-order chi connectivity index (χ0) is 16.1. The van der Waals surface area contributed by atoms with Crippen molar-refractivity contribution in [3.63, 3.8) is 0 Å². The minimum absolute atomic E-state index is 0.166. The fraction of sp³-hybridized carbons (Fsp3) is 0.235. The lowest BCUT2D eigenvalue weighted by molar-refractivity contribution is 0.0126. The van der Waals surface area contributed by atoms with Crippen LogP contribution < -0.4 is 10.2 Å². The van der Waals surface area contributed by atoms with E-state index in [4.69, 9.17) is 9.47 Å². The molecular formula is C17H17FN2O3. The fourth-order valence-corrected chi connectivity index (χ4v) is 2.20. The smallest absolute Gasteiger partial charge is 0.265 e. The number of hydrogen-bond donors (Lipinski definition) is 1. The number of morpholine rings is 1. The molecule has 1 amide bonds. The summed E-state index contributed by atoms with van der Waals surface area (Å²) in [5.74, 6) is 0.643. The van der Waals surface area contributed by atoms with Gasteiger partial charge in [-0.2, -0.15) is 0 Å². The summed E-state index contributed by atoms with van der Waals surface area (Å²) < 4.78 is 23.7. The molecule has 1 aliphatic heterocycles. The Kier molecular flexibility index (Phi) is 4.85. The average Bonchev–Trinajstić information content (AvgIpc) is 2.58. The highest BCUT2D eigenvalue weighted by Gasteiger charge is 2.14. The Bertz CT molecular complexity index is 653. The van der Waals surface area contributed by atoms with Crippen molar-refractivity contribution in [2.75, 3.05) is 26.3 Å². The predicted octanol–water partition coefficient (Wildman–Crippen LogP) is 2.60. The van der Waals surface area contributed by atoms with Crippen molar-refractivity contribution < 1.29 is 18.7 Å². The van der Waals surface area contributed by atoms with Gasteiger partial charge in [-0.3, -0.25) is 10.2 Å². The Labute approximate surface area is 133 Å². The minimum Gasteiger partial charge on any atom is -0.457 e. The van der Waals surface area contributed by atoms with E-state index in [1.165, 1.54) is 12.1 Å². The third kappa shape index (κ3) is 4.28. The Hall–Kier alpha value is -2.44. The van der Waals surface area contributed by atoms with Crippen LogP contribution in [-0.4, -0.2) is 37.2 Å². The van der Waals surface area contributed by atoms with E-state index in [2.05, 4.69) is 5.43 Å². The first-order valence-electron chi connectivity index (χ1n) is 7.38. The molecule has 3 rings (SSSR count). The predicted molar refractivity (Wildman–Crippen MR) is 82.8 cm³/mol. The van der Waals surface area contributed by atoms with Crippen LogP contribution in [0.5, 0.6) is 11.5 Å². The lowest BCUT2D eigenvalue weighted by Gasteiger charge is -2.26. The molecule has 0 spiro atoms. The van der Waals surface area contributed by atoms with Crippen LogP contribution in [0, 0.1) is 5.82 Å².